The zero-order valence-corrected chi connectivity index (χ0v) is 15.9. The Morgan fingerprint density at radius 1 is 1.29 bits per heavy atom. The summed E-state index contributed by atoms with van der Waals surface area (Å²) in [6.45, 7) is 4.91. The van der Waals surface area contributed by atoms with Crippen LogP contribution in [0.1, 0.15) is 34.1 Å². The second kappa shape index (κ2) is 6.99. The molecule has 0 unspecified atom stereocenters. The van der Waals surface area contributed by atoms with Gasteiger partial charge in [0.05, 0.1) is 24.2 Å². The lowest BCUT2D eigenvalue weighted by Gasteiger charge is -2.28. The average molecular weight is 378 g/mol. The predicted octanol–water partition coefficient (Wildman–Crippen LogP) is 3.13. The minimum Gasteiger partial charge on any atom is -0.450 e. The molecule has 0 saturated heterocycles. The zero-order valence-electron chi connectivity index (χ0n) is 15.9. The van der Waals surface area contributed by atoms with Crippen molar-refractivity contribution in [3.05, 3.63) is 59.0 Å². The van der Waals surface area contributed by atoms with Crippen molar-refractivity contribution >= 4 is 28.6 Å². The van der Waals surface area contributed by atoms with Crippen LogP contribution in [0.15, 0.2) is 36.7 Å². The molecule has 1 aromatic carbocycles. The number of carbonyl (C=O) groups is 2. The quantitative estimate of drug-likeness (QED) is 0.692. The van der Waals surface area contributed by atoms with Gasteiger partial charge in [0.15, 0.2) is 0 Å². The molecule has 0 atom stereocenters. The van der Waals surface area contributed by atoms with Gasteiger partial charge in [0.2, 0.25) is 0 Å². The summed E-state index contributed by atoms with van der Waals surface area (Å²) < 4.78 is 6.77. The molecule has 1 amide bonds. The van der Waals surface area contributed by atoms with Crippen molar-refractivity contribution in [3.63, 3.8) is 0 Å². The molecule has 144 valence electrons. The molecular weight excluding hydrogens is 356 g/mol. The SMILES string of the molecule is CCOC(=O)N1CCc2c(cncc2C(=O)n2c(C)cc3c(N)cccc32)C1. The molecule has 0 bridgehead atoms. The Kier molecular flexibility index (Phi) is 4.50. The molecule has 0 saturated carbocycles. The number of carbonyl (C=O) groups excluding carboxylic acids is 2. The molecule has 1 aliphatic heterocycles. The summed E-state index contributed by atoms with van der Waals surface area (Å²) in [5, 5.41) is 0.861. The molecule has 7 heteroatoms. The van der Waals surface area contributed by atoms with E-state index in [1.54, 1.807) is 28.8 Å². The Labute approximate surface area is 162 Å². The Bertz CT molecular complexity index is 1090. The lowest BCUT2D eigenvalue weighted by molar-refractivity contribution is 0.0959. The van der Waals surface area contributed by atoms with E-state index in [4.69, 9.17) is 10.5 Å². The monoisotopic (exact) mass is 378 g/mol. The summed E-state index contributed by atoms with van der Waals surface area (Å²) >= 11 is 0. The second-order valence-corrected chi connectivity index (χ2v) is 6.90. The molecule has 3 heterocycles. The Balaban J connectivity index is 1.74. The number of nitrogens with two attached hydrogens (primary N) is 1. The topological polar surface area (TPSA) is 90.5 Å². The van der Waals surface area contributed by atoms with Gasteiger partial charge in [0.1, 0.15) is 0 Å². The van der Waals surface area contributed by atoms with Crippen molar-refractivity contribution in [2.75, 3.05) is 18.9 Å². The fourth-order valence-electron chi connectivity index (χ4n) is 3.82. The van der Waals surface area contributed by atoms with Crippen LogP contribution in [0.3, 0.4) is 0 Å². The number of nitrogen functional groups attached to an aromatic ring is 1. The van der Waals surface area contributed by atoms with Crippen molar-refractivity contribution in [3.8, 4) is 0 Å². The van der Waals surface area contributed by atoms with E-state index in [9.17, 15) is 9.59 Å². The average Bonchev–Trinajstić information content (AvgIpc) is 3.04. The second-order valence-electron chi connectivity index (χ2n) is 6.90. The molecule has 28 heavy (non-hydrogen) atoms. The van der Waals surface area contributed by atoms with E-state index in [1.807, 2.05) is 31.2 Å². The van der Waals surface area contributed by atoms with E-state index in [1.165, 1.54) is 0 Å². The van der Waals surface area contributed by atoms with E-state index in [-0.39, 0.29) is 12.0 Å². The lowest BCUT2D eigenvalue weighted by Crippen LogP contribution is -2.37. The number of hydrogen-bond donors (Lipinski definition) is 1. The van der Waals surface area contributed by atoms with E-state index in [0.29, 0.717) is 37.4 Å². The summed E-state index contributed by atoms with van der Waals surface area (Å²) in [5.41, 5.74) is 10.7. The number of ether oxygens (including phenoxy) is 1. The highest BCUT2D eigenvalue weighted by Gasteiger charge is 2.27. The van der Waals surface area contributed by atoms with E-state index in [2.05, 4.69) is 4.98 Å². The van der Waals surface area contributed by atoms with E-state index in [0.717, 1.165) is 27.7 Å². The number of anilines is 1. The third-order valence-electron chi connectivity index (χ3n) is 5.16. The molecule has 2 N–H and O–H groups in total. The fraction of sp³-hybridized carbons (Fsp3) is 0.286. The van der Waals surface area contributed by atoms with Gasteiger partial charge in [-0.25, -0.2) is 4.79 Å². The Morgan fingerprint density at radius 2 is 2.11 bits per heavy atom. The first kappa shape index (κ1) is 18.0. The van der Waals surface area contributed by atoms with Crippen molar-refractivity contribution in [1.29, 1.82) is 0 Å². The largest absolute Gasteiger partial charge is 0.450 e. The predicted molar refractivity (Wildman–Crippen MR) is 106 cm³/mol. The molecule has 0 fully saturated rings. The molecule has 2 aromatic heterocycles. The van der Waals surface area contributed by atoms with Crippen LogP contribution < -0.4 is 5.73 Å². The highest BCUT2D eigenvalue weighted by Crippen LogP contribution is 2.28. The first-order valence-corrected chi connectivity index (χ1v) is 9.30. The smallest absolute Gasteiger partial charge is 0.410 e. The molecule has 0 spiro atoms. The number of amides is 1. The Hall–Kier alpha value is -3.35. The van der Waals surface area contributed by atoms with Crippen LogP contribution in [0.4, 0.5) is 10.5 Å². The van der Waals surface area contributed by atoms with Crippen molar-refractivity contribution in [2.24, 2.45) is 0 Å². The number of nitrogens with zero attached hydrogens (tertiary/aromatic N) is 3. The molecule has 1 aliphatic rings. The highest BCUT2D eigenvalue weighted by atomic mass is 16.6. The zero-order chi connectivity index (χ0) is 19.8. The number of benzene rings is 1. The first-order chi connectivity index (χ1) is 13.5. The minimum absolute atomic E-state index is 0.132. The van der Waals surface area contributed by atoms with Gasteiger partial charge in [0.25, 0.3) is 5.91 Å². The maximum atomic E-state index is 13.4. The number of aryl methyl sites for hydroxylation is 1. The van der Waals surface area contributed by atoms with Gasteiger partial charge in [-0.15, -0.1) is 0 Å². The first-order valence-electron chi connectivity index (χ1n) is 9.30. The maximum absolute atomic E-state index is 13.4. The molecule has 7 nitrogen and oxygen atoms in total. The molecule has 3 aromatic rings. The van der Waals surface area contributed by atoms with Crippen molar-refractivity contribution in [2.45, 2.75) is 26.8 Å². The summed E-state index contributed by atoms with van der Waals surface area (Å²) in [7, 11) is 0. The van der Waals surface area contributed by atoms with Gasteiger partial charge in [-0.3, -0.25) is 14.3 Å². The van der Waals surface area contributed by atoms with E-state index >= 15 is 0 Å². The van der Waals surface area contributed by atoms with Gasteiger partial charge >= 0.3 is 6.09 Å². The lowest BCUT2D eigenvalue weighted by atomic mass is 9.97. The summed E-state index contributed by atoms with van der Waals surface area (Å²) in [6, 6.07) is 7.49. The van der Waals surface area contributed by atoms with Gasteiger partial charge < -0.3 is 15.4 Å². The number of pyridine rings is 1. The van der Waals surface area contributed by atoms with Crippen LogP contribution in [-0.4, -0.2) is 39.6 Å². The van der Waals surface area contributed by atoms with Crippen LogP contribution in [0, 0.1) is 6.92 Å². The van der Waals surface area contributed by atoms with Crippen LogP contribution in [0.5, 0.6) is 0 Å². The molecule has 4 rings (SSSR count). The van der Waals surface area contributed by atoms with Gasteiger partial charge in [0, 0.05) is 35.7 Å². The van der Waals surface area contributed by atoms with Crippen molar-refractivity contribution < 1.29 is 14.3 Å². The third-order valence-corrected chi connectivity index (χ3v) is 5.16. The van der Waals surface area contributed by atoms with E-state index < -0.39 is 0 Å². The summed E-state index contributed by atoms with van der Waals surface area (Å²) in [6.07, 6.45) is 3.57. The molecule has 0 aliphatic carbocycles. The molecular formula is C21H22N4O3. The van der Waals surface area contributed by atoms with Gasteiger partial charge in [-0.1, -0.05) is 6.07 Å². The van der Waals surface area contributed by atoms with Gasteiger partial charge in [-0.2, -0.15) is 0 Å². The highest BCUT2D eigenvalue weighted by molar-refractivity contribution is 6.06. The maximum Gasteiger partial charge on any atom is 0.410 e. The van der Waals surface area contributed by atoms with Crippen LogP contribution >= 0.6 is 0 Å². The summed E-state index contributed by atoms with van der Waals surface area (Å²) in [4.78, 5) is 31.4. The fourth-order valence-corrected chi connectivity index (χ4v) is 3.82. The van der Waals surface area contributed by atoms with Crippen molar-refractivity contribution in [1.82, 2.24) is 14.5 Å². The van der Waals surface area contributed by atoms with Crippen LogP contribution in [-0.2, 0) is 17.7 Å². The van der Waals surface area contributed by atoms with Crippen LogP contribution in [0.25, 0.3) is 10.9 Å². The number of aromatic nitrogens is 2. The van der Waals surface area contributed by atoms with Crippen LogP contribution in [0.2, 0.25) is 0 Å². The molecule has 0 radical (unpaired) electrons. The minimum atomic E-state index is -0.340. The standard InChI is InChI=1S/C21H22N4O3/c1-3-28-21(27)24-8-7-15-14(12-24)10-23-11-17(15)20(26)25-13(2)9-16-18(22)5-4-6-19(16)25/h4-6,9-11H,3,7-8,12,22H2,1-2H3. The number of hydrogen-bond acceptors (Lipinski definition) is 5. The third kappa shape index (κ3) is 2.89. The summed E-state index contributed by atoms with van der Waals surface area (Å²) in [5.74, 6) is -0.132. The van der Waals surface area contributed by atoms with Gasteiger partial charge in [-0.05, 0) is 49.6 Å². The number of fused-ring (bicyclic) bond motifs is 2. The number of rotatable bonds is 2. The normalized spacial score (nSPS) is 13.4. The Morgan fingerprint density at radius 3 is 2.89 bits per heavy atom.